The molecule has 1 aromatic carbocycles. The number of fused-ring (bicyclic) bond motifs is 1. The third-order valence-corrected chi connectivity index (χ3v) is 3.87. The number of hydrogen-bond acceptors (Lipinski definition) is 5. The van der Waals surface area contributed by atoms with E-state index in [0.29, 0.717) is 18.7 Å². The number of hydrogen-bond donors (Lipinski definition) is 3. The van der Waals surface area contributed by atoms with E-state index in [0.717, 1.165) is 10.9 Å². The number of aromatic hydroxyl groups is 1. The van der Waals surface area contributed by atoms with Crippen LogP contribution in [0.4, 0.5) is 5.69 Å². The second kappa shape index (κ2) is 6.31. The van der Waals surface area contributed by atoms with Crippen molar-refractivity contribution in [3.63, 3.8) is 0 Å². The molecule has 2 atom stereocenters. The van der Waals surface area contributed by atoms with E-state index in [2.05, 4.69) is 27.7 Å². The van der Waals surface area contributed by atoms with Gasteiger partial charge in [0, 0.05) is 18.0 Å². The third kappa shape index (κ3) is 2.88. The zero-order valence-corrected chi connectivity index (χ0v) is 12.9. The van der Waals surface area contributed by atoms with E-state index in [-0.39, 0.29) is 17.8 Å². The van der Waals surface area contributed by atoms with Crippen molar-refractivity contribution in [2.45, 2.75) is 32.0 Å². The highest BCUT2D eigenvalue weighted by atomic mass is 16.3. The Balaban J connectivity index is 1.93. The first-order valence-electron chi connectivity index (χ1n) is 7.49. The monoisotopic (exact) mass is 313 g/mol. The van der Waals surface area contributed by atoms with E-state index in [1.165, 1.54) is 0 Å². The van der Waals surface area contributed by atoms with Gasteiger partial charge in [0.1, 0.15) is 6.04 Å². The number of amides is 1. The Hall–Kier alpha value is -2.51. The molecule has 2 heterocycles. The molecule has 7 heteroatoms. The lowest BCUT2D eigenvalue weighted by atomic mass is 10.1. The van der Waals surface area contributed by atoms with Gasteiger partial charge in [0.25, 0.3) is 5.91 Å². The molecule has 7 nitrogen and oxygen atoms in total. The maximum Gasteiger partial charge on any atom is 0.282 e. The zero-order chi connectivity index (χ0) is 16.4. The molecule has 120 valence electrons. The van der Waals surface area contributed by atoms with Gasteiger partial charge in [0.05, 0.1) is 5.52 Å². The fourth-order valence-electron chi connectivity index (χ4n) is 2.73. The lowest BCUT2D eigenvalue weighted by molar-refractivity contribution is -0.120. The summed E-state index contributed by atoms with van der Waals surface area (Å²) in [6.45, 7) is 6.12. The highest BCUT2D eigenvalue weighted by Gasteiger charge is 2.26. The molecule has 1 aliphatic heterocycles. The second-order valence-corrected chi connectivity index (χ2v) is 5.60. The van der Waals surface area contributed by atoms with Crippen molar-refractivity contribution >= 4 is 22.5 Å². The number of carbonyl (C=O) groups excluding carboxylic acids is 1. The number of nitrogens with one attached hydrogen (secondary N) is 2. The molecule has 0 saturated carbocycles. The summed E-state index contributed by atoms with van der Waals surface area (Å²) < 4.78 is 1.68. The largest absolute Gasteiger partial charge is 0.493 e. The quantitative estimate of drug-likeness (QED) is 0.597. The summed E-state index contributed by atoms with van der Waals surface area (Å²) >= 11 is 0. The number of hydrazine groups is 1. The smallest absolute Gasteiger partial charge is 0.282 e. The van der Waals surface area contributed by atoms with Crippen molar-refractivity contribution in [3.05, 3.63) is 36.9 Å². The van der Waals surface area contributed by atoms with Crippen LogP contribution in [0, 0.1) is 0 Å². The summed E-state index contributed by atoms with van der Waals surface area (Å²) in [4.78, 5) is 12.1. The lowest BCUT2D eigenvalue weighted by Crippen LogP contribution is -2.36. The maximum atomic E-state index is 12.1. The maximum absolute atomic E-state index is 12.1. The predicted molar refractivity (Wildman–Crippen MR) is 87.5 cm³/mol. The minimum absolute atomic E-state index is 0.0199. The van der Waals surface area contributed by atoms with E-state index < -0.39 is 6.04 Å². The van der Waals surface area contributed by atoms with Crippen LogP contribution in [0.3, 0.4) is 0 Å². The van der Waals surface area contributed by atoms with Gasteiger partial charge in [0.2, 0.25) is 5.88 Å². The van der Waals surface area contributed by atoms with E-state index in [4.69, 9.17) is 0 Å². The number of para-hydroxylation sites is 1. The second-order valence-electron chi connectivity index (χ2n) is 5.60. The SMILES string of the molecule is C=CCn1c(O)c(N=NC(=O)C2CC(C)NN2)c2ccccc21. The lowest BCUT2D eigenvalue weighted by Gasteiger charge is -2.02. The first-order valence-corrected chi connectivity index (χ1v) is 7.49. The van der Waals surface area contributed by atoms with Gasteiger partial charge in [-0.05, 0) is 19.4 Å². The normalized spacial score (nSPS) is 21.3. The standard InChI is InChI=1S/C16H19N5O2/c1-3-8-21-13-7-5-4-6-11(13)14(16(21)23)19-20-15(22)12-9-10(2)17-18-12/h3-7,10,12,17-18,23H,1,8-9H2,2H3. The molecule has 3 N–H and O–H groups in total. The summed E-state index contributed by atoms with van der Waals surface area (Å²) in [7, 11) is 0. The van der Waals surface area contributed by atoms with E-state index in [1.54, 1.807) is 10.6 Å². The Kier molecular flexibility index (Phi) is 4.22. The molecule has 1 fully saturated rings. The molecule has 2 aromatic rings. The summed E-state index contributed by atoms with van der Waals surface area (Å²) in [6, 6.07) is 7.27. The van der Waals surface area contributed by atoms with Crippen LogP contribution in [0.5, 0.6) is 5.88 Å². The molecule has 3 rings (SSSR count). The summed E-state index contributed by atoms with van der Waals surface area (Å²) in [6.07, 6.45) is 2.34. The molecule has 1 aliphatic rings. The van der Waals surface area contributed by atoms with Crippen LogP contribution in [-0.4, -0.2) is 27.7 Å². The van der Waals surface area contributed by atoms with Gasteiger partial charge in [0.15, 0.2) is 5.69 Å². The van der Waals surface area contributed by atoms with Crippen molar-refractivity contribution < 1.29 is 9.90 Å². The fourth-order valence-corrected chi connectivity index (χ4v) is 2.73. The molecular formula is C16H19N5O2. The van der Waals surface area contributed by atoms with E-state index in [1.807, 2.05) is 31.2 Å². The molecule has 1 aromatic heterocycles. The molecular weight excluding hydrogens is 294 g/mol. The summed E-state index contributed by atoms with van der Waals surface area (Å²) in [5, 5.41) is 18.9. The minimum atomic E-state index is -0.391. The van der Waals surface area contributed by atoms with Crippen molar-refractivity contribution in [2.75, 3.05) is 0 Å². The molecule has 1 amide bonds. The number of allylic oxidation sites excluding steroid dienone is 1. The van der Waals surface area contributed by atoms with Gasteiger partial charge in [-0.15, -0.1) is 16.8 Å². The van der Waals surface area contributed by atoms with Crippen molar-refractivity contribution in [1.29, 1.82) is 0 Å². The van der Waals surface area contributed by atoms with Crippen molar-refractivity contribution in [3.8, 4) is 5.88 Å². The number of benzene rings is 1. The predicted octanol–water partition coefficient (Wildman–Crippen LogP) is 2.40. The van der Waals surface area contributed by atoms with Gasteiger partial charge in [-0.3, -0.25) is 10.2 Å². The first kappa shape index (κ1) is 15.4. The Bertz CT molecular complexity index is 780. The third-order valence-electron chi connectivity index (χ3n) is 3.87. The van der Waals surface area contributed by atoms with Crippen LogP contribution in [0.15, 0.2) is 47.1 Å². The Morgan fingerprint density at radius 1 is 1.48 bits per heavy atom. The zero-order valence-electron chi connectivity index (χ0n) is 12.9. The van der Waals surface area contributed by atoms with Crippen LogP contribution >= 0.6 is 0 Å². The first-order chi connectivity index (χ1) is 11.1. The number of aromatic nitrogens is 1. The van der Waals surface area contributed by atoms with Crippen LogP contribution in [-0.2, 0) is 11.3 Å². The highest BCUT2D eigenvalue weighted by molar-refractivity contribution is 5.95. The Morgan fingerprint density at radius 3 is 2.96 bits per heavy atom. The molecule has 0 bridgehead atoms. The number of rotatable bonds is 4. The number of nitrogens with zero attached hydrogens (tertiary/aromatic N) is 3. The topological polar surface area (TPSA) is 91.0 Å². The van der Waals surface area contributed by atoms with Gasteiger partial charge in [-0.25, -0.2) is 5.43 Å². The number of carbonyl (C=O) groups is 1. The number of azo groups is 1. The molecule has 1 saturated heterocycles. The van der Waals surface area contributed by atoms with Crippen molar-refractivity contribution in [1.82, 2.24) is 15.4 Å². The van der Waals surface area contributed by atoms with Gasteiger partial charge < -0.3 is 9.67 Å². The molecule has 0 spiro atoms. The van der Waals surface area contributed by atoms with Gasteiger partial charge in [-0.1, -0.05) is 24.3 Å². The van der Waals surface area contributed by atoms with Crippen LogP contribution in [0.25, 0.3) is 10.9 Å². The Morgan fingerprint density at radius 2 is 2.26 bits per heavy atom. The fraction of sp³-hybridized carbons (Fsp3) is 0.312. The van der Waals surface area contributed by atoms with Crippen LogP contribution in [0.2, 0.25) is 0 Å². The van der Waals surface area contributed by atoms with Crippen molar-refractivity contribution in [2.24, 2.45) is 10.2 Å². The highest BCUT2D eigenvalue weighted by Crippen LogP contribution is 2.38. The van der Waals surface area contributed by atoms with Crippen LogP contribution < -0.4 is 10.9 Å². The molecule has 0 aliphatic carbocycles. The van der Waals surface area contributed by atoms with Gasteiger partial charge >= 0.3 is 0 Å². The average Bonchev–Trinajstić information content (AvgIpc) is 3.09. The van der Waals surface area contributed by atoms with E-state index >= 15 is 0 Å². The average molecular weight is 313 g/mol. The minimum Gasteiger partial charge on any atom is -0.493 e. The van der Waals surface area contributed by atoms with Gasteiger partial charge in [-0.2, -0.15) is 0 Å². The molecule has 0 radical (unpaired) electrons. The van der Waals surface area contributed by atoms with Crippen LogP contribution in [0.1, 0.15) is 13.3 Å². The Labute approximate surface area is 133 Å². The molecule has 23 heavy (non-hydrogen) atoms. The summed E-state index contributed by atoms with van der Waals surface area (Å²) in [5.41, 5.74) is 6.98. The summed E-state index contributed by atoms with van der Waals surface area (Å²) in [5.74, 6) is -0.379. The molecule has 2 unspecified atom stereocenters. The van der Waals surface area contributed by atoms with E-state index in [9.17, 15) is 9.90 Å².